The van der Waals surface area contributed by atoms with Crippen molar-refractivity contribution in [3.63, 3.8) is 0 Å². The second-order valence-corrected chi connectivity index (χ2v) is 22.2. The Hall–Kier alpha value is -6.23. The van der Waals surface area contributed by atoms with E-state index in [1.54, 1.807) is 32.8 Å². The van der Waals surface area contributed by atoms with Gasteiger partial charge in [-0.2, -0.15) is 0 Å². The van der Waals surface area contributed by atoms with Crippen molar-refractivity contribution in [3.8, 4) is 0 Å². The molecule has 2 aromatic carbocycles. The van der Waals surface area contributed by atoms with Gasteiger partial charge in [-0.15, -0.1) is 0 Å². The maximum atomic E-state index is 13.1. The molecule has 0 aliphatic heterocycles. The predicted octanol–water partition coefficient (Wildman–Crippen LogP) is 5.88. The summed E-state index contributed by atoms with van der Waals surface area (Å²) in [7, 11) is 3.20. The van der Waals surface area contributed by atoms with E-state index in [9.17, 15) is 24.3 Å². The third kappa shape index (κ3) is 32.3. The summed E-state index contributed by atoms with van der Waals surface area (Å²) in [5.74, 6) is 1.45. The average molecular weight is 1280 g/mol. The summed E-state index contributed by atoms with van der Waals surface area (Å²) >= 11 is 0. The molecule has 0 fully saturated rings. The van der Waals surface area contributed by atoms with Crippen molar-refractivity contribution in [2.75, 3.05) is 171 Å². The van der Waals surface area contributed by atoms with Gasteiger partial charge in [-0.25, -0.2) is 15.0 Å². The van der Waals surface area contributed by atoms with Crippen LogP contribution in [0.5, 0.6) is 0 Å². The van der Waals surface area contributed by atoms with Crippen LogP contribution in [0.4, 0.5) is 11.6 Å². The Labute approximate surface area is 537 Å². The highest BCUT2D eigenvalue weighted by Gasteiger charge is 2.25. The zero-order valence-electron chi connectivity index (χ0n) is 55.1. The highest BCUT2D eigenvalue weighted by atomic mass is 16.6. The Morgan fingerprint density at radius 3 is 1.48 bits per heavy atom. The van der Waals surface area contributed by atoms with Gasteiger partial charge in [0.05, 0.1) is 174 Å². The number of imidazole rings is 1. The highest BCUT2D eigenvalue weighted by molar-refractivity contribution is 6.06. The number of carbonyl (C=O) groups is 4. The number of nitrogen functional groups attached to an aromatic ring is 2. The number of para-hydroxylation sites is 1. The Balaban J connectivity index is 0.000000389. The van der Waals surface area contributed by atoms with Crippen molar-refractivity contribution >= 4 is 68.1 Å². The van der Waals surface area contributed by atoms with Gasteiger partial charge >= 0.3 is 0 Å². The molecule has 510 valence electrons. The molecular weight excluding hydrogens is 1170 g/mol. The van der Waals surface area contributed by atoms with Gasteiger partial charge in [-0.3, -0.25) is 19.2 Å². The summed E-state index contributed by atoms with van der Waals surface area (Å²) in [6.45, 7) is 17.8. The lowest BCUT2D eigenvalue weighted by molar-refractivity contribution is -0.133. The van der Waals surface area contributed by atoms with E-state index in [2.05, 4.69) is 51.0 Å². The lowest BCUT2D eigenvalue weighted by Gasteiger charge is -2.24. The number of hydrogen-bond donors (Lipinski definition) is 6. The Kier molecular flexibility index (Phi) is 39.7. The molecule has 3 aromatic heterocycles. The summed E-state index contributed by atoms with van der Waals surface area (Å²) in [6.07, 6.45) is 9.80. The van der Waals surface area contributed by atoms with E-state index in [4.69, 9.17) is 63.8 Å². The molecule has 25 nitrogen and oxygen atoms in total. The predicted molar refractivity (Wildman–Crippen MR) is 352 cm³/mol. The van der Waals surface area contributed by atoms with Gasteiger partial charge in [-0.1, -0.05) is 56.5 Å². The van der Waals surface area contributed by atoms with E-state index in [1.165, 1.54) is 23.8 Å². The molecule has 0 aliphatic carbocycles. The highest BCUT2D eigenvalue weighted by Crippen LogP contribution is 2.31. The van der Waals surface area contributed by atoms with Gasteiger partial charge in [0.2, 0.25) is 23.6 Å². The molecule has 5 aromatic rings. The van der Waals surface area contributed by atoms with Crippen LogP contribution in [0.2, 0.25) is 0 Å². The summed E-state index contributed by atoms with van der Waals surface area (Å²) in [5, 5.41) is 20.9. The van der Waals surface area contributed by atoms with Crippen LogP contribution in [-0.2, 0) is 92.5 Å². The number of rotatable bonds is 51. The van der Waals surface area contributed by atoms with E-state index < -0.39 is 5.60 Å². The zero-order chi connectivity index (χ0) is 65.7. The molecule has 25 heteroatoms. The van der Waals surface area contributed by atoms with Crippen LogP contribution < -0.4 is 27.4 Å². The van der Waals surface area contributed by atoms with Crippen molar-refractivity contribution in [2.45, 2.75) is 123 Å². The SMILES string of the molecule is CCCCCc1cc2c(CCCCCNC(=O)CCOCCOCCOCCOCCOCCC(=O)NC)cccc2nc1N.CCN(Cc1nc2c(N)nc3ccccc3c2n1CC(C)(C)O)C(=O)CCOCCOCCOCCOCCOCCC(=O)NC. The maximum Gasteiger partial charge on any atom is 0.225 e. The summed E-state index contributed by atoms with van der Waals surface area (Å²) < 4.78 is 56.4. The molecule has 0 saturated carbocycles. The number of aliphatic hydroxyl groups is 1. The normalized spacial score (nSPS) is 11.5. The molecule has 4 amide bonds. The van der Waals surface area contributed by atoms with Crippen LogP contribution in [-0.4, -0.2) is 218 Å². The number of anilines is 2. The molecular formula is C66H106N10O15. The van der Waals surface area contributed by atoms with Gasteiger partial charge in [0.25, 0.3) is 0 Å². The third-order valence-electron chi connectivity index (χ3n) is 14.3. The van der Waals surface area contributed by atoms with Gasteiger partial charge in [0, 0.05) is 57.2 Å². The van der Waals surface area contributed by atoms with Crippen LogP contribution in [0.1, 0.15) is 109 Å². The number of aryl methyl sites for hydroxylation is 2. The molecule has 8 N–H and O–H groups in total. The van der Waals surface area contributed by atoms with Crippen molar-refractivity contribution in [1.82, 2.24) is 40.4 Å². The minimum atomic E-state index is -1.02. The molecule has 0 radical (unpaired) electrons. The fourth-order valence-electron chi connectivity index (χ4n) is 9.39. The quantitative estimate of drug-likeness (QED) is 0.0247. The topological polar surface area (TPSA) is 316 Å². The maximum absolute atomic E-state index is 13.1. The summed E-state index contributed by atoms with van der Waals surface area (Å²) in [5.41, 5.74) is 17.0. The van der Waals surface area contributed by atoms with Crippen LogP contribution in [0.15, 0.2) is 48.5 Å². The largest absolute Gasteiger partial charge is 0.389 e. The molecule has 0 saturated heterocycles. The van der Waals surface area contributed by atoms with E-state index in [-0.39, 0.29) is 49.7 Å². The summed E-state index contributed by atoms with van der Waals surface area (Å²) in [4.78, 5) is 63.0. The number of amides is 4. The Bertz CT molecular complexity index is 2840. The number of carbonyl (C=O) groups excluding carboxylic acids is 4. The molecule has 0 spiro atoms. The van der Waals surface area contributed by atoms with Crippen LogP contribution in [0.3, 0.4) is 0 Å². The van der Waals surface area contributed by atoms with E-state index in [0.717, 1.165) is 66.0 Å². The number of pyridine rings is 2. The van der Waals surface area contributed by atoms with Gasteiger partial charge in [0.15, 0.2) is 5.82 Å². The first-order valence-corrected chi connectivity index (χ1v) is 32.3. The van der Waals surface area contributed by atoms with Crippen LogP contribution in [0, 0.1) is 0 Å². The minimum absolute atomic E-state index is 0.00955. The molecule has 3 heterocycles. The fraction of sp³-hybridized carbons (Fsp3) is 0.652. The Morgan fingerprint density at radius 2 is 0.978 bits per heavy atom. The van der Waals surface area contributed by atoms with E-state index in [1.807, 2.05) is 41.8 Å². The molecule has 0 aliphatic rings. The average Bonchev–Trinajstić information content (AvgIpc) is 1.65. The Morgan fingerprint density at radius 1 is 0.527 bits per heavy atom. The van der Waals surface area contributed by atoms with Gasteiger partial charge in [-0.05, 0) is 82.2 Å². The van der Waals surface area contributed by atoms with Crippen molar-refractivity contribution in [3.05, 3.63) is 65.5 Å². The second-order valence-electron chi connectivity index (χ2n) is 22.2. The number of nitrogens with zero attached hydrogens (tertiary/aromatic N) is 5. The van der Waals surface area contributed by atoms with Crippen molar-refractivity contribution < 1.29 is 71.7 Å². The molecule has 0 atom stereocenters. The number of fused-ring (bicyclic) bond motifs is 4. The first kappa shape index (κ1) is 77.2. The minimum Gasteiger partial charge on any atom is -0.389 e. The molecule has 5 rings (SSSR count). The number of unbranched alkanes of at least 4 members (excludes halogenated alkanes) is 4. The van der Waals surface area contributed by atoms with E-state index in [0.29, 0.717) is 181 Å². The number of benzene rings is 2. The zero-order valence-corrected chi connectivity index (χ0v) is 55.1. The molecule has 0 bridgehead atoms. The monoisotopic (exact) mass is 1280 g/mol. The van der Waals surface area contributed by atoms with Crippen LogP contribution >= 0.6 is 0 Å². The van der Waals surface area contributed by atoms with Gasteiger partial charge in [0.1, 0.15) is 17.2 Å². The first-order chi connectivity index (χ1) is 44.2. The standard InChI is InChI=1S/C34H56N4O7.C32H50N6O8/c1-3-4-6-11-29-27-30-28(12-9-13-31(30)38-34(29)35)10-7-5-8-16-37-33(40)15-18-42-20-22-44-24-26-45-25-23-43-21-19-41-17-14-32(39)36-2;1-5-37(22-26-36-29-30(38(26)23-32(2,3)41)24-8-6-7-9-25(24)35-31(29)33)28(40)11-13-43-15-17-45-19-21-46-20-18-44-16-14-42-12-10-27(39)34-4/h9,12-13,27H,3-8,10-11,14-26H2,1-2H3,(H2,35,38)(H,36,39)(H,37,40);6-9,41H,5,10-23H2,1-4H3,(H2,33,35)(H,34,39). The number of nitrogens with one attached hydrogen (secondary N) is 3. The second kappa shape index (κ2) is 46.8. The third-order valence-corrected chi connectivity index (χ3v) is 14.3. The van der Waals surface area contributed by atoms with Crippen molar-refractivity contribution in [1.29, 1.82) is 0 Å². The van der Waals surface area contributed by atoms with Gasteiger partial charge < -0.3 is 89.4 Å². The first-order valence-electron chi connectivity index (χ1n) is 32.3. The lowest BCUT2D eigenvalue weighted by atomic mass is 9.99. The smallest absolute Gasteiger partial charge is 0.225 e. The molecule has 91 heavy (non-hydrogen) atoms. The number of nitrogens with two attached hydrogens (primary N) is 2. The van der Waals surface area contributed by atoms with E-state index >= 15 is 0 Å². The lowest BCUT2D eigenvalue weighted by Crippen LogP contribution is -2.34. The number of hydrogen-bond acceptors (Lipinski definition) is 20. The number of ether oxygens (including phenoxy) is 10. The number of aromatic nitrogens is 4. The summed E-state index contributed by atoms with van der Waals surface area (Å²) in [6, 6.07) is 16.2. The van der Waals surface area contributed by atoms with Crippen molar-refractivity contribution in [2.24, 2.45) is 0 Å². The molecule has 0 unspecified atom stereocenters. The fourth-order valence-corrected chi connectivity index (χ4v) is 9.39. The van der Waals surface area contributed by atoms with Crippen LogP contribution in [0.25, 0.3) is 32.8 Å².